The predicted molar refractivity (Wildman–Crippen MR) is 58.6 cm³/mol. The lowest BCUT2D eigenvalue weighted by Gasteiger charge is -2.29. The summed E-state index contributed by atoms with van der Waals surface area (Å²) in [5.74, 6) is 0. The molecular weight excluding hydrogens is 216 g/mol. The Morgan fingerprint density at radius 3 is 2.53 bits per heavy atom. The van der Waals surface area contributed by atoms with E-state index in [0.717, 1.165) is 19.3 Å². The van der Waals surface area contributed by atoms with Gasteiger partial charge < -0.3 is 5.11 Å². The van der Waals surface area contributed by atoms with Crippen LogP contribution in [0.25, 0.3) is 0 Å². The molecule has 0 aromatic heterocycles. The molecular formula is C9H20N2O3S. The second kappa shape index (κ2) is 5.25. The molecule has 1 fully saturated rings. The molecule has 1 aliphatic rings. The normalized spacial score (nSPS) is 28.3. The van der Waals surface area contributed by atoms with Gasteiger partial charge >= 0.3 is 0 Å². The first kappa shape index (κ1) is 12.9. The highest BCUT2D eigenvalue weighted by atomic mass is 32.2. The second-order valence-corrected chi connectivity index (χ2v) is 5.80. The van der Waals surface area contributed by atoms with Crippen LogP contribution in [0, 0.1) is 0 Å². The molecule has 1 saturated carbocycles. The fourth-order valence-electron chi connectivity index (χ4n) is 1.70. The van der Waals surface area contributed by atoms with E-state index in [9.17, 15) is 13.5 Å². The number of nitrogens with one attached hydrogen (secondary N) is 1. The molecule has 1 rings (SSSR count). The topological polar surface area (TPSA) is 69.6 Å². The minimum atomic E-state index is -3.42. The summed E-state index contributed by atoms with van der Waals surface area (Å²) < 4.78 is 27.1. The average Bonchev–Trinajstić information content (AvgIpc) is 2.20. The van der Waals surface area contributed by atoms with Gasteiger partial charge in [-0.2, -0.15) is 17.4 Å². The average molecular weight is 236 g/mol. The van der Waals surface area contributed by atoms with Gasteiger partial charge in [0.15, 0.2) is 0 Å². The highest BCUT2D eigenvalue weighted by Gasteiger charge is 2.28. The maximum Gasteiger partial charge on any atom is 0.279 e. The summed E-state index contributed by atoms with van der Waals surface area (Å²) >= 11 is 0. The Bertz CT molecular complexity index is 292. The Morgan fingerprint density at radius 2 is 2.00 bits per heavy atom. The molecule has 0 amide bonds. The third-order valence-electron chi connectivity index (χ3n) is 2.89. The van der Waals surface area contributed by atoms with Crippen LogP contribution < -0.4 is 4.72 Å². The van der Waals surface area contributed by atoms with Crippen molar-refractivity contribution >= 4 is 10.2 Å². The summed E-state index contributed by atoms with van der Waals surface area (Å²) in [5.41, 5.74) is 0. The molecule has 2 N–H and O–H groups in total. The van der Waals surface area contributed by atoms with Crippen LogP contribution in [0.5, 0.6) is 0 Å². The molecule has 0 aromatic rings. The molecule has 5 nitrogen and oxygen atoms in total. The molecule has 2 atom stereocenters. The minimum absolute atomic E-state index is 0.322. The molecule has 0 aliphatic heterocycles. The molecule has 0 bridgehead atoms. The lowest BCUT2D eigenvalue weighted by molar-refractivity contribution is 0.100. The first-order chi connectivity index (χ1) is 6.97. The van der Waals surface area contributed by atoms with Crippen LogP contribution in [0.4, 0.5) is 0 Å². The molecule has 2 unspecified atom stereocenters. The van der Waals surface area contributed by atoms with Gasteiger partial charge in [-0.15, -0.1) is 0 Å². The van der Waals surface area contributed by atoms with E-state index in [1.54, 1.807) is 6.92 Å². The van der Waals surface area contributed by atoms with Gasteiger partial charge in [0.25, 0.3) is 10.2 Å². The zero-order valence-corrected chi connectivity index (χ0v) is 10.1. The second-order valence-electron chi connectivity index (χ2n) is 4.00. The smallest absolute Gasteiger partial charge is 0.279 e. The Morgan fingerprint density at radius 1 is 1.40 bits per heavy atom. The van der Waals surface area contributed by atoms with E-state index in [4.69, 9.17) is 0 Å². The lowest BCUT2D eigenvalue weighted by atomic mass is 9.93. The number of aliphatic hydroxyl groups excluding tert-OH is 1. The van der Waals surface area contributed by atoms with Crippen LogP contribution in [0.15, 0.2) is 0 Å². The number of aliphatic hydroxyl groups is 1. The van der Waals surface area contributed by atoms with Crippen molar-refractivity contribution in [2.75, 3.05) is 13.6 Å². The number of nitrogens with zero attached hydrogens (tertiary/aromatic N) is 1. The minimum Gasteiger partial charge on any atom is -0.391 e. The summed E-state index contributed by atoms with van der Waals surface area (Å²) in [6.45, 7) is 2.20. The highest BCUT2D eigenvalue weighted by Crippen LogP contribution is 2.19. The van der Waals surface area contributed by atoms with Crippen LogP contribution in [-0.2, 0) is 10.2 Å². The van der Waals surface area contributed by atoms with Gasteiger partial charge in [-0.05, 0) is 12.8 Å². The van der Waals surface area contributed by atoms with E-state index < -0.39 is 16.3 Å². The number of hydrogen-bond acceptors (Lipinski definition) is 3. The Kier molecular flexibility index (Phi) is 4.51. The van der Waals surface area contributed by atoms with Gasteiger partial charge in [0.1, 0.15) is 0 Å². The third-order valence-corrected chi connectivity index (χ3v) is 4.56. The van der Waals surface area contributed by atoms with Crippen molar-refractivity contribution < 1.29 is 13.5 Å². The van der Waals surface area contributed by atoms with E-state index in [-0.39, 0.29) is 6.04 Å². The van der Waals surface area contributed by atoms with Crippen LogP contribution in [-0.4, -0.2) is 43.6 Å². The van der Waals surface area contributed by atoms with E-state index in [1.807, 2.05) is 0 Å². The monoisotopic (exact) mass is 236 g/mol. The van der Waals surface area contributed by atoms with Crippen molar-refractivity contribution in [1.29, 1.82) is 0 Å². The molecule has 15 heavy (non-hydrogen) atoms. The van der Waals surface area contributed by atoms with Gasteiger partial charge in [0.2, 0.25) is 0 Å². The third kappa shape index (κ3) is 3.41. The zero-order valence-electron chi connectivity index (χ0n) is 9.31. The number of rotatable bonds is 4. The van der Waals surface area contributed by atoms with Crippen LogP contribution in [0.1, 0.15) is 32.6 Å². The zero-order chi connectivity index (χ0) is 11.5. The summed E-state index contributed by atoms with van der Waals surface area (Å²) in [6, 6.07) is -0.322. The molecule has 0 aromatic carbocycles. The van der Waals surface area contributed by atoms with Gasteiger partial charge in [0, 0.05) is 19.6 Å². The summed E-state index contributed by atoms with van der Waals surface area (Å²) in [5, 5.41) is 9.64. The van der Waals surface area contributed by atoms with Crippen molar-refractivity contribution in [2.24, 2.45) is 0 Å². The Balaban J connectivity index is 2.59. The molecule has 1 aliphatic carbocycles. The highest BCUT2D eigenvalue weighted by molar-refractivity contribution is 7.87. The molecule has 0 spiro atoms. The van der Waals surface area contributed by atoms with Crippen molar-refractivity contribution in [3.05, 3.63) is 0 Å². The van der Waals surface area contributed by atoms with Gasteiger partial charge in [-0.25, -0.2) is 0 Å². The fraction of sp³-hybridized carbons (Fsp3) is 1.00. The van der Waals surface area contributed by atoms with E-state index in [1.165, 1.54) is 11.4 Å². The Labute approximate surface area is 91.7 Å². The van der Waals surface area contributed by atoms with Gasteiger partial charge in [-0.1, -0.05) is 19.8 Å². The Hall–Kier alpha value is -0.170. The SMILES string of the molecule is CCN(C)S(=O)(=O)NC1CCCCC1O. The standard InChI is InChI=1S/C9H20N2O3S/c1-3-11(2)15(13,14)10-8-6-4-5-7-9(8)12/h8-10,12H,3-7H2,1-2H3. The van der Waals surface area contributed by atoms with Crippen molar-refractivity contribution in [3.63, 3.8) is 0 Å². The summed E-state index contributed by atoms with van der Waals surface area (Å²) in [4.78, 5) is 0. The van der Waals surface area contributed by atoms with E-state index >= 15 is 0 Å². The van der Waals surface area contributed by atoms with Crippen LogP contribution in [0.2, 0.25) is 0 Å². The quantitative estimate of drug-likeness (QED) is 0.726. The first-order valence-electron chi connectivity index (χ1n) is 5.39. The predicted octanol–water partition coefficient (Wildman–Crippen LogP) is 0.0760. The van der Waals surface area contributed by atoms with Gasteiger partial charge in [0.05, 0.1) is 6.10 Å². The maximum atomic E-state index is 11.7. The van der Waals surface area contributed by atoms with Crippen LogP contribution in [0.3, 0.4) is 0 Å². The molecule has 0 radical (unpaired) electrons. The molecule has 0 saturated heterocycles. The summed E-state index contributed by atoms with van der Waals surface area (Å²) in [6.07, 6.45) is 2.81. The molecule has 6 heteroatoms. The van der Waals surface area contributed by atoms with Crippen molar-refractivity contribution in [1.82, 2.24) is 9.03 Å². The summed E-state index contributed by atoms with van der Waals surface area (Å²) in [7, 11) is -1.89. The van der Waals surface area contributed by atoms with Gasteiger partial charge in [-0.3, -0.25) is 0 Å². The van der Waals surface area contributed by atoms with E-state index in [0.29, 0.717) is 13.0 Å². The van der Waals surface area contributed by atoms with Crippen LogP contribution >= 0.6 is 0 Å². The van der Waals surface area contributed by atoms with E-state index in [2.05, 4.69) is 4.72 Å². The van der Waals surface area contributed by atoms with Crippen molar-refractivity contribution in [3.8, 4) is 0 Å². The molecule has 90 valence electrons. The number of hydrogen-bond donors (Lipinski definition) is 2. The first-order valence-corrected chi connectivity index (χ1v) is 6.83. The fourth-order valence-corrected chi connectivity index (χ4v) is 2.88. The van der Waals surface area contributed by atoms with Crippen molar-refractivity contribution in [2.45, 2.75) is 44.8 Å². The largest absolute Gasteiger partial charge is 0.391 e. The maximum absolute atomic E-state index is 11.7. The molecule has 0 heterocycles. The lowest BCUT2D eigenvalue weighted by Crippen LogP contribution is -2.49.